The minimum atomic E-state index is -0.131. The largest absolute Gasteiger partial charge is 0.507 e. The highest BCUT2D eigenvalue weighted by Gasteiger charge is 2.24. The molecule has 3 aromatic rings. The standard InChI is InChI=1S/C31H41NO2/c1-18(2)25-14-22(15-26(19(3)4)30(25)33)29(32-24-12-10-9-11-13-24)23-16-27(20(5)6)31(34)28(17-23)21(7)8/h9-21,29,32-34H,1-8H3. The first-order valence-electron chi connectivity index (χ1n) is 12.6. The van der Waals surface area contributed by atoms with Crippen LogP contribution in [0.4, 0.5) is 5.69 Å². The first kappa shape index (κ1) is 25.7. The summed E-state index contributed by atoms with van der Waals surface area (Å²) in [6.07, 6.45) is 0. The van der Waals surface area contributed by atoms with Crippen molar-refractivity contribution in [2.24, 2.45) is 0 Å². The zero-order valence-corrected chi connectivity index (χ0v) is 22.0. The van der Waals surface area contributed by atoms with E-state index in [0.717, 1.165) is 39.1 Å². The average molecular weight is 460 g/mol. The van der Waals surface area contributed by atoms with E-state index in [9.17, 15) is 10.2 Å². The van der Waals surface area contributed by atoms with Gasteiger partial charge in [-0.25, -0.2) is 0 Å². The molecule has 34 heavy (non-hydrogen) atoms. The number of hydrogen-bond acceptors (Lipinski definition) is 3. The summed E-state index contributed by atoms with van der Waals surface area (Å²) in [4.78, 5) is 0. The summed E-state index contributed by atoms with van der Waals surface area (Å²) >= 11 is 0. The highest BCUT2D eigenvalue weighted by atomic mass is 16.3. The lowest BCUT2D eigenvalue weighted by Gasteiger charge is -2.27. The minimum Gasteiger partial charge on any atom is -0.507 e. The Labute approximate surface area is 205 Å². The molecule has 0 spiro atoms. The Bertz CT molecular complexity index is 986. The van der Waals surface area contributed by atoms with Crippen LogP contribution < -0.4 is 5.32 Å². The molecule has 0 aliphatic rings. The van der Waals surface area contributed by atoms with Crippen LogP contribution >= 0.6 is 0 Å². The van der Waals surface area contributed by atoms with Crippen LogP contribution in [0.25, 0.3) is 0 Å². The first-order valence-corrected chi connectivity index (χ1v) is 12.6. The van der Waals surface area contributed by atoms with Gasteiger partial charge in [-0.3, -0.25) is 0 Å². The van der Waals surface area contributed by atoms with Crippen LogP contribution in [-0.4, -0.2) is 10.2 Å². The molecule has 3 aromatic carbocycles. The van der Waals surface area contributed by atoms with Gasteiger partial charge in [0.25, 0.3) is 0 Å². The summed E-state index contributed by atoms with van der Waals surface area (Å²) < 4.78 is 0. The van der Waals surface area contributed by atoms with Crippen molar-refractivity contribution in [3.63, 3.8) is 0 Å². The lowest BCUT2D eigenvalue weighted by molar-refractivity contribution is 0.454. The topological polar surface area (TPSA) is 52.5 Å². The fourth-order valence-corrected chi connectivity index (χ4v) is 4.56. The summed E-state index contributed by atoms with van der Waals surface area (Å²) in [6.45, 7) is 17.0. The van der Waals surface area contributed by atoms with Crippen molar-refractivity contribution in [2.45, 2.75) is 85.1 Å². The number of anilines is 1. The maximum absolute atomic E-state index is 11.0. The Morgan fingerprint density at radius 2 is 0.853 bits per heavy atom. The molecule has 0 amide bonds. The maximum Gasteiger partial charge on any atom is 0.122 e. The Balaban J connectivity index is 2.30. The fourth-order valence-electron chi connectivity index (χ4n) is 4.56. The molecule has 0 saturated heterocycles. The molecule has 0 atom stereocenters. The third-order valence-corrected chi connectivity index (χ3v) is 6.62. The molecule has 0 fully saturated rings. The molecule has 0 unspecified atom stereocenters. The van der Waals surface area contributed by atoms with Crippen molar-refractivity contribution < 1.29 is 10.2 Å². The van der Waals surface area contributed by atoms with E-state index < -0.39 is 0 Å². The SMILES string of the molecule is CC(C)c1cc(C(Nc2ccccc2)c2cc(C(C)C)c(O)c(C(C)C)c2)cc(C(C)C)c1O. The number of phenols is 2. The van der Waals surface area contributed by atoms with Crippen LogP contribution in [0.2, 0.25) is 0 Å². The molecule has 0 aliphatic carbocycles. The highest BCUT2D eigenvalue weighted by Crippen LogP contribution is 2.41. The number of nitrogens with one attached hydrogen (secondary N) is 1. The van der Waals surface area contributed by atoms with Crippen molar-refractivity contribution >= 4 is 5.69 Å². The van der Waals surface area contributed by atoms with E-state index in [2.05, 4.69) is 97.1 Å². The predicted octanol–water partition coefficient (Wildman–Crippen LogP) is 8.79. The molecule has 0 aromatic heterocycles. The molecule has 3 N–H and O–H groups in total. The highest BCUT2D eigenvalue weighted by molar-refractivity contribution is 5.56. The van der Waals surface area contributed by atoms with Crippen molar-refractivity contribution in [1.29, 1.82) is 0 Å². The molecule has 3 heteroatoms. The van der Waals surface area contributed by atoms with Crippen LogP contribution in [0.3, 0.4) is 0 Å². The quantitative estimate of drug-likeness (QED) is 0.315. The van der Waals surface area contributed by atoms with E-state index in [1.54, 1.807) is 0 Å². The lowest BCUT2D eigenvalue weighted by Crippen LogP contribution is -2.15. The second kappa shape index (κ2) is 10.5. The van der Waals surface area contributed by atoms with Crippen LogP contribution in [0.15, 0.2) is 54.6 Å². The van der Waals surface area contributed by atoms with E-state index in [-0.39, 0.29) is 29.7 Å². The van der Waals surface area contributed by atoms with E-state index in [1.165, 1.54) is 0 Å². The molecule has 0 heterocycles. The second-order valence-electron chi connectivity index (χ2n) is 10.7. The van der Waals surface area contributed by atoms with Crippen LogP contribution in [0, 0.1) is 0 Å². The molecule has 3 rings (SSSR count). The molecule has 0 aliphatic heterocycles. The van der Waals surface area contributed by atoms with Crippen LogP contribution in [0.5, 0.6) is 11.5 Å². The predicted molar refractivity (Wildman–Crippen MR) is 144 cm³/mol. The van der Waals surface area contributed by atoms with Gasteiger partial charge in [0, 0.05) is 5.69 Å². The van der Waals surface area contributed by atoms with Gasteiger partial charge in [0.1, 0.15) is 11.5 Å². The van der Waals surface area contributed by atoms with E-state index in [4.69, 9.17) is 0 Å². The van der Waals surface area contributed by atoms with Gasteiger partial charge in [-0.1, -0.05) is 73.6 Å². The third-order valence-electron chi connectivity index (χ3n) is 6.62. The van der Waals surface area contributed by atoms with Crippen molar-refractivity contribution in [2.75, 3.05) is 5.32 Å². The Morgan fingerprint density at radius 1 is 0.529 bits per heavy atom. The minimum absolute atomic E-state index is 0.131. The summed E-state index contributed by atoms with van der Waals surface area (Å²) in [5, 5.41) is 25.8. The van der Waals surface area contributed by atoms with Gasteiger partial charge in [0.15, 0.2) is 0 Å². The second-order valence-corrected chi connectivity index (χ2v) is 10.7. The summed E-state index contributed by atoms with van der Waals surface area (Å²) in [6, 6.07) is 18.7. The normalized spacial score (nSPS) is 11.9. The number of aromatic hydroxyl groups is 2. The van der Waals surface area contributed by atoms with Gasteiger partial charge in [-0.2, -0.15) is 0 Å². The van der Waals surface area contributed by atoms with Crippen LogP contribution in [-0.2, 0) is 0 Å². The van der Waals surface area contributed by atoms with Crippen LogP contribution in [0.1, 0.15) is 118 Å². The van der Waals surface area contributed by atoms with E-state index in [1.807, 2.05) is 18.2 Å². The van der Waals surface area contributed by atoms with Crippen molar-refractivity contribution in [1.82, 2.24) is 0 Å². The van der Waals surface area contributed by atoms with E-state index in [0.29, 0.717) is 11.5 Å². The lowest BCUT2D eigenvalue weighted by atomic mass is 9.85. The number of benzene rings is 3. The van der Waals surface area contributed by atoms with Gasteiger partial charge in [0.2, 0.25) is 0 Å². The zero-order chi connectivity index (χ0) is 25.2. The fraction of sp³-hybridized carbons (Fsp3) is 0.419. The summed E-state index contributed by atoms with van der Waals surface area (Å²) in [5.74, 6) is 1.62. The zero-order valence-electron chi connectivity index (χ0n) is 22.0. The Kier molecular flexibility index (Phi) is 7.97. The molecule has 182 valence electrons. The molecule has 3 nitrogen and oxygen atoms in total. The first-order chi connectivity index (χ1) is 16.0. The number of para-hydroxylation sites is 1. The smallest absolute Gasteiger partial charge is 0.122 e. The molecular weight excluding hydrogens is 418 g/mol. The number of rotatable bonds is 8. The maximum atomic E-state index is 11.0. The van der Waals surface area contributed by atoms with Crippen molar-refractivity contribution in [3.8, 4) is 11.5 Å². The van der Waals surface area contributed by atoms with Gasteiger partial charge < -0.3 is 15.5 Å². The number of phenolic OH excluding ortho intramolecular Hbond substituents is 2. The van der Waals surface area contributed by atoms with Gasteiger partial charge in [-0.05, 0) is 93.5 Å². The molecular formula is C31H41NO2. The van der Waals surface area contributed by atoms with E-state index >= 15 is 0 Å². The van der Waals surface area contributed by atoms with Gasteiger partial charge in [-0.15, -0.1) is 0 Å². The average Bonchev–Trinajstić information content (AvgIpc) is 2.78. The molecule has 0 saturated carbocycles. The summed E-state index contributed by atoms with van der Waals surface area (Å²) in [5.41, 5.74) is 7.12. The Hall–Kier alpha value is -2.94. The third kappa shape index (κ3) is 5.41. The number of hydrogen-bond donors (Lipinski definition) is 3. The monoisotopic (exact) mass is 459 g/mol. The molecule has 0 radical (unpaired) electrons. The Morgan fingerprint density at radius 3 is 1.15 bits per heavy atom. The molecule has 0 bridgehead atoms. The van der Waals surface area contributed by atoms with Gasteiger partial charge in [0.05, 0.1) is 6.04 Å². The summed E-state index contributed by atoms with van der Waals surface area (Å²) in [7, 11) is 0. The van der Waals surface area contributed by atoms with Gasteiger partial charge >= 0.3 is 0 Å². The van der Waals surface area contributed by atoms with Crippen molar-refractivity contribution in [3.05, 3.63) is 88.0 Å².